The van der Waals surface area contributed by atoms with Crippen LogP contribution in [0.15, 0.2) is 65.6 Å². The number of ether oxygens (including phenoxy) is 1. The zero-order chi connectivity index (χ0) is 27.3. The van der Waals surface area contributed by atoms with Gasteiger partial charge in [0.2, 0.25) is 0 Å². The molecule has 1 saturated heterocycles. The number of piperazine rings is 1. The fourth-order valence-corrected chi connectivity index (χ4v) is 5.64. The average molecular weight is 538 g/mol. The number of aryl methyl sites for hydroxylation is 2. The molecule has 1 aliphatic rings. The molecule has 3 aromatic carbocycles. The van der Waals surface area contributed by atoms with Crippen molar-refractivity contribution in [2.24, 2.45) is 0 Å². The standard InChI is InChI=1S/C29H35N3O5S/c1-4-5-6-22-8-10-23(11-9-22)30-38(35,36)25-13-7-21(2)26(20-25)29(34)32-17-15-31(16-18-32)27-14-12-24(37-3)19-28(27)33/h7-14,19-20,30,33H,4-6,15-18H2,1-3H3. The van der Waals surface area contributed by atoms with Gasteiger partial charge in [-0.25, -0.2) is 8.42 Å². The topological polar surface area (TPSA) is 99.2 Å². The van der Waals surface area contributed by atoms with E-state index in [4.69, 9.17) is 4.74 Å². The van der Waals surface area contributed by atoms with Gasteiger partial charge in [0.25, 0.3) is 15.9 Å². The molecule has 0 spiro atoms. The molecule has 1 amide bonds. The summed E-state index contributed by atoms with van der Waals surface area (Å²) in [6.45, 7) is 5.92. The van der Waals surface area contributed by atoms with Crippen LogP contribution in [0.5, 0.6) is 11.5 Å². The maximum Gasteiger partial charge on any atom is 0.261 e. The third-order valence-electron chi connectivity index (χ3n) is 6.87. The van der Waals surface area contributed by atoms with Crippen LogP contribution in [0.3, 0.4) is 0 Å². The van der Waals surface area contributed by atoms with E-state index < -0.39 is 10.0 Å². The Morgan fingerprint density at radius 2 is 1.71 bits per heavy atom. The maximum absolute atomic E-state index is 13.4. The molecule has 0 unspecified atom stereocenters. The highest BCUT2D eigenvalue weighted by Crippen LogP contribution is 2.32. The van der Waals surface area contributed by atoms with Crippen LogP contribution in [0.4, 0.5) is 11.4 Å². The quantitative estimate of drug-likeness (QED) is 0.406. The van der Waals surface area contributed by atoms with Gasteiger partial charge >= 0.3 is 0 Å². The minimum atomic E-state index is -3.87. The number of hydrogen-bond acceptors (Lipinski definition) is 6. The first kappa shape index (κ1) is 27.3. The van der Waals surface area contributed by atoms with Crippen LogP contribution in [0.2, 0.25) is 0 Å². The molecule has 2 N–H and O–H groups in total. The van der Waals surface area contributed by atoms with Gasteiger partial charge in [-0.2, -0.15) is 0 Å². The van der Waals surface area contributed by atoms with E-state index in [1.54, 1.807) is 55.3 Å². The van der Waals surface area contributed by atoms with E-state index in [1.165, 1.54) is 17.7 Å². The molecule has 0 radical (unpaired) electrons. The van der Waals surface area contributed by atoms with E-state index in [0.717, 1.165) is 19.3 Å². The number of carbonyl (C=O) groups is 1. The Morgan fingerprint density at radius 3 is 2.34 bits per heavy atom. The Labute approximate surface area is 224 Å². The number of hydrogen-bond donors (Lipinski definition) is 2. The lowest BCUT2D eigenvalue weighted by Gasteiger charge is -2.36. The largest absolute Gasteiger partial charge is 0.506 e. The number of phenolic OH excluding ortho intramolecular Hbond substituents is 1. The predicted octanol–water partition coefficient (Wildman–Crippen LogP) is 4.82. The number of amides is 1. The smallest absolute Gasteiger partial charge is 0.261 e. The van der Waals surface area contributed by atoms with Crippen LogP contribution >= 0.6 is 0 Å². The Bertz CT molecular complexity index is 1380. The number of benzene rings is 3. The van der Waals surface area contributed by atoms with Gasteiger partial charge in [-0.05, 0) is 67.3 Å². The van der Waals surface area contributed by atoms with Crippen LogP contribution in [0, 0.1) is 6.92 Å². The van der Waals surface area contributed by atoms with Crippen LogP contribution in [0.1, 0.15) is 41.3 Å². The highest BCUT2D eigenvalue weighted by atomic mass is 32.2. The highest BCUT2D eigenvalue weighted by Gasteiger charge is 2.26. The van der Waals surface area contributed by atoms with Crippen molar-refractivity contribution in [3.8, 4) is 11.5 Å². The van der Waals surface area contributed by atoms with Gasteiger partial charge in [0.05, 0.1) is 17.7 Å². The van der Waals surface area contributed by atoms with Gasteiger partial charge in [-0.15, -0.1) is 0 Å². The van der Waals surface area contributed by atoms with Crippen LogP contribution in [0.25, 0.3) is 0 Å². The summed E-state index contributed by atoms with van der Waals surface area (Å²) >= 11 is 0. The average Bonchev–Trinajstić information content (AvgIpc) is 2.92. The van der Waals surface area contributed by atoms with E-state index in [0.29, 0.717) is 54.4 Å². The summed E-state index contributed by atoms with van der Waals surface area (Å²) in [6, 6.07) is 17.2. The second-order valence-corrected chi connectivity index (χ2v) is 11.2. The number of anilines is 2. The molecule has 8 nitrogen and oxygen atoms in total. The Hall–Kier alpha value is -3.72. The molecule has 4 rings (SSSR count). The minimum absolute atomic E-state index is 0.0447. The third kappa shape index (κ3) is 6.22. The van der Waals surface area contributed by atoms with E-state index in [2.05, 4.69) is 11.6 Å². The van der Waals surface area contributed by atoms with Crippen molar-refractivity contribution >= 4 is 27.3 Å². The number of nitrogens with zero attached hydrogens (tertiary/aromatic N) is 2. The first-order valence-electron chi connectivity index (χ1n) is 12.9. The Morgan fingerprint density at radius 1 is 1.00 bits per heavy atom. The van der Waals surface area contributed by atoms with E-state index in [-0.39, 0.29) is 16.6 Å². The Balaban J connectivity index is 1.45. The second-order valence-electron chi connectivity index (χ2n) is 9.52. The zero-order valence-electron chi connectivity index (χ0n) is 22.1. The first-order chi connectivity index (χ1) is 18.2. The summed E-state index contributed by atoms with van der Waals surface area (Å²) in [5.74, 6) is 0.489. The monoisotopic (exact) mass is 537 g/mol. The molecule has 0 bridgehead atoms. The van der Waals surface area contributed by atoms with Gasteiger partial charge in [0, 0.05) is 43.5 Å². The van der Waals surface area contributed by atoms with Crippen molar-refractivity contribution in [3.05, 3.63) is 77.4 Å². The number of methoxy groups -OCH3 is 1. The maximum atomic E-state index is 13.4. The fraction of sp³-hybridized carbons (Fsp3) is 0.345. The SMILES string of the molecule is CCCCc1ccc(NS(=O)(=O)c2ccc(C)c(C(=O)N3CCN(c4ccc(OC)cc4O)CC3)c2)cc1. The molecule has 3 aromatic rings. The van der Waals surface area contributed by atoms with Crippen LogP contribution in [-0.4, -0.2) is 57.6 Å². The normalized spacial score (nSPS) is 13.9. The molecule has 9 heteroatoms. The molecule has 38 heavy (non-hydrogen) atoms. The van der Waals surface area contributed by atoms with Gasteiger partial charge in [0.15, 0.2) is 0 Å². The van der Waals surface area contributed by atoms with Gasteiger partial charge in [0.1, 0.15) is 11.5 Å². The zero-order valence-corrected chi connectivity index (χ0v) is 22.9. The lowest BCUT2D eigenvalue weighted by Crippen LogP contribution is -2.49. The van der Waals surface area contributed by atoms with Crippen molar-refractivity contribution in [2.75, 3.05) is 42.9 Å². The van der Waals surface area contributed by atoms with Crippen molar-refractivity contribution < 1.29 is 23.1 Å². The van der Waals surface area contributed by atoms with E-state index in [1.807, 2.05) is 17.0 Å². The lowest BCUT2D eigenvalue weighted by molar-refractivity contribution is 0.0745. The molecule has 1 fully saturated rings. The fourth-order valence-electron chi connectivity index (χ4n) is 4.55. The molecular formula is C29H35N3O5S. The van der Waals surface area contributed by atoms with Crippen molar-refractivity contribution in [3.63, 3.8) is 0 Å². The number of nitrogens with one attached hydrogen (secondary N) is 1. The van der Waals surface area contributed by atoms with E-state index in [9.17, 15) is 18.3 Å². The van der Waals surface area contributed by atoms with Crippen molar-refractivity contribution in [1.29, 1.82) is 0 Å². The summed E-state index contributed by atoms with van der Waals surface area (Å²) in [5.41, 5.74) is 3.41. The number of sulfonamides is 1. The Kier molecular flexibility index (Phi) is 8.46. The molecule has 1 aliphatic heterocycles. The van der Waals surface area contributed by atoms with E-state index >= 15 is 0 Å². The summed E-state index contributed by atoms with van der Waals surface area (Å²) in [6.07, 6.45) is 3.15. The third-order valence-corrected chi connectivity index (χ3v) is 8.24. The molecule has 0 atom stereocenters. The predicted molar refractivity (Wildman–Crippen MR) is 150 cm³/mol. The molecule has 1 heterocycles. The highest BCUT2D eigenvalue weighted by molar-refractivity contribution is 7.92. The first-order valence-corrected chi connectivity index (χ1v) is 14.3. The molecule has 0 aromatic heterocycles. The molecule has 202 valence electrons. The van der Waals surface area contributed by atoms with Crippen molar-refractivity contribution in [2.45, 2.75) is 38.0 Å². The second kappa shape index (κ2) is 11.8. The molecule has 0 aliphatic carbocycles. The summed E-state index contributed by atoms with van der Waals surface area (Å²) in [7, 11) is -2.32. The number of phenols is 1. The van der Waals surface area contributed by atoms with Gasteiger partial charge < -0.3 is 19.6 Å². The molecular weight excluding hydrogens is 502 g/mol. The number of carbonyl (C=O) groups excluding carboxylic acids is 1. The lowest BCUT2D eigenvalue weighted by atomic mass is 10.1. The summed E-state index contributed by atoms with van der Waals surface area (Å²) in [5, 5.41) is 10.4. The van der Waals surface area contributed by atoms with Crippen LogP contribution < -0.4 is 14.4 Å². The van der Waals surface area contributed by atoms with Crippen molar-refractivity contribution in [1.82, 2.24) is 4.90 Å². The summed E-state index contributed by atoms with van der Waals surface area (Å²) in [4.78, 5) is 17.2. The minimum Gasteiger partial charge on any atom is -0.506 e. The summed E-state index contributed by atoms with van der Waals surface area (Å²) < 4.78 is 34.0. The number of unbranched alkanes of at least 4 members (excludes halogenated alkanes) is 1. The molecule has 0 saturated carbocycles. The number of rotatable bonds is 9. The number of aromatic hydroxyl groups is 1. The van der Waals surface area contributed by atoms with Gasteiger partial charge in [-0.1, -0.05) is 31.5 Å². The van der Waals surface area contributed by atoms with Gasteiger partial charge in [-0.3, -0.25) is 9.52 Å². The van der Waals surface area contributed by atoms with Crippen LogP contribution in [-0.2, 0) is 16.4 Å².